The van der Waals surface area contributed by atoms with Gasteiger partial charge in [0.2, 0.25) is 0 Å². The fourth-order valence-corrected chi connectivity index (χ4v) is 2.61. The van der Waals surface area contributed by atoms with Crippen LogP contribution in [0.5, 0.6) is 0 Å². The summed E-state index contributed by atoms with van der Waals surface area (Å²) in [5.74, 6) is 0. The first-order valence-electron chi connectivity index (χ1n) is 6.77. The molecule has 1 N–H and O–H groups in total. The van der Waals surface area contributed by atoms with Crippen molar-refractivity contribution in [2.24, 2.45) is 0 Å². The number of benzene rings is 1. The van der Waals surface area contributed by atoms with Gasteiger partial charge < -0.3 is 10.1 Å². The summed E-state index contributed by atoms with van der Waals surface area (Å²) in [5.41, 5.74) is 3.41. The van der Waals surface area contributed by atoms with Gasteiger partial charge in [-0.25, -0.2) is 0 Å². The average molecular weight is 338 g/mol. The summed E-state index contributed by atoms with van der Waals surface area (Å²) in [6.45, 7) is 4.45. The molecule has 0 aliphatic rings. The first-order valence-corrected chi connectivity index (χ1v) is 7.56. The Kier molecular flexibility index (Phi) is 5.61. The van der Waals surface area contributed by atoms with Crippen molar-refractivity contribution in [1.82, 2.24) is 9.78 Å². The highest BCUT2D eigenvalue weighted by atomic mass is 79.9. The summed E-state index contributed by atoms with van der Waals surface area (Å²) in [6, 6.07) is 8.17. The van der Waals surface area contributed by atoms with E-state index in [1.54, 1.807) is 7.11 Å². The maximum atomic E-state index is 5.26. The van der Waals surface area contributed by atoms with E-state index in [1.165, 1.54) is 5.69 Å². The van der Waals surface area contributed by atoms with Gasteiger partial charge >= 0.3 is 0 Å². The number of aryl methyl sites for hydroxylation is 1. The summed E-state index contributed by atoms with van der Waals surface area (Å²) >= 11 is 3.57. The number of hydrogen-bond acceptors (Lipinski definition) is 3. The smallest absolute Gasteiger partial charge is 0.0744 e. The largest absolute Gasteiger partial charge is 0.380 e. The van der Waals surface area contributed by atoms with E-state index in [2.05, 4.69) is 45.4 Å². The zero-order chi connectivity index (χ0) is 14.4. The standard InChI is InChI=1S/C15H20BrN3O/c1-3-9-19-12(7-8-18-19)10-17-15-6-4-5-14(16)13(15)11-20-2/h4-8,17H,3,9-11H2,1-2H3. The molecule has 1 aromatic carbocycles. The van der Waals surface area contributed by atoms with E-state index in [9.17, 15) is 0 Å². The molecule has 0 saturated heterocycles. The van der Waals surface area contributed by atoms with E-state index >= 15 is 0 Å². The monoisotopic (exact) mass is 337 g/mol. The highest BCUT2D eigenvalue weighted by molar-refractivity contribution is 9.10. The molecular formula is C15H20BrN3O. The number of hydrogen-bond donors (Lipinski definition) is 1. The van der Waals surface area contributed by atoms with Gasteiger partial charge in [0.05, 0.1) is 18.8 Å². The molecule has 2 aromatic rings. The number of nitrogens with zero attached hydrogens (tertiary/aromatic N) is 2. The van der Waals surface area contributed by atoms with Crippen molar-refractivity contribution in [3.8, 4) is 0 Å². The number of ether oxygens (including phenoxy) is 1. The van der Waals surface area contributed by atoms with Crippen molar-refractivity contribution in [2.75, 3.05) is 12.4 Å². The summed E-state index contributed by atoms with van der Waals surface area (Å²) in [4.78, 5) is 0. The first kappa shape index (κ1) is 15.1. The molecule has 1 aromatic heterocycles. The number of rotatable bonds is 7. The molecule has 0 aliphatic heterocycles. The Bertz CT molecular complexity index is 554. The SMILES string of the molecule is CCCn1nccc1CNc1cccc(Br)c1COC. The average Bonchev–Trinajstić information content (AvgIpc) is 2.87. The van der Waals surface area contributed by atoms with Crippen molar-refractivity contribution in [2.45, 2.75) is 33.0 Å². The Labute approximate surface area is 128 Å². The molecule has 5 heteroatoms. The van der Waals surface area contributed by atoms with Gasteiger partial charge in [0.25, 0.3) is 0 Å². The van der Waals surface area contributed by atoms with Crippen LogP contribution in [0.3, 0.4) is 0 Å². The van der Waals surface area contributed by atoms with Crippen molar-refractivity contribution < 1.29 is 4.74 Å². The molecule has 0 fully saturated rings. The minimum atomic E-state index is 0.581. The maximum Gasteiger partial charge on any atom is 0.0744 e. The third kappa shape index (κ3) is 3.61. The van der Waals surface area contributed by atoms with E-state index < -0.39 is 0 Å². The van der Waals surface area contributed by atoms with Gasteiger partial charge in [0.15, 0.2) is 0 Å². The molecule has 1 heterocycles. The number of aromatic nitrogens is 2. The lowest BCUT2D eigenvalue weighted by molar-refractivity contribution is 0.185. The highest BCUT2D eigenvalue weighted by Crippen LogP contribution is 2.26. The van der Waals surface area contributed by atoms with Gasteiger partial charge in [-0.2, -0.15) is 5.10 Å². The van der Waals surface area contributed by atoms with Crippen molar-refractivity contribution in [1.29, 1.82) is 0 Å². The predicted molar refractivity (Wildman–Crippen MR) is 84.7 cm³/mol. The fraction of sp³-hybridized carbons (Fsp3) is 0.400. The van der Waals surface area contributed by atoms with E-state index in [0.717, 1.165) is 35.2 Å². The van der Waals surface area contributed by atoms with E-state index in [-0.39, 0.29) is 0 Å². The lowest BCUT2D eigenvalue weighted by Gasteiger charge is -2.14. The van der Waals surface area contributed by atoms with Crippen LogP contribution >= 0.6 is 15.9 Å². The van der Waals surface area contributed by atoms with Crippen molar-refractivity contribution in [3.63, 3.8) is 0 Å². The molecule has 0 unspecified atom stereocenters. The Morgan fingerprint density at radius 2 is 2.20 bits per heavy atom. The topological polar surface area (TPSA) is 39.1 Å². The predicted octanol–water partition coefficient (Wildman–Crippen LogP) is 3.81. The number of methoxy groups -OCH3 is 1. The second-order valence-electron chi connectivity index (χ2n) is 4.60. The molecule has 0 bridgehead atoms. The minimum absolute atomic E-state index is 0.581. The van der Waals surface area contributed by atoms with Gasteiger partial charge in [0.1, 0.15) is 0 Å². The molecule has 2 rings (SSSR count). The molecule has 0 radical (unpaired) electrons. The van der Waals surface area contributed by atoms with Gasteiger partial charge in [-0.3, -0.25) is 4.68 Å². The van der Waals surface area contributed by atoms with Crippen LogP contribution in [0.2, 0.25) is 0 Å². The molecule has 20 heavy (non-hydrogen) atoms. The second kappa shape index (κ2) is 7.45. The lowest BCUT2D eigenvalue weighted by Crippen LogP contribution is -2.10. The highest BCUT2D eigenvalue weighted by Gasteiger charge is 2.07. The summed E-state index contributed by atoms with van der Waals surface area (Å²) in [6.07, 6.45) is 2.93. The molecule has 4 nitrogen and oxygen atoms in total. The summed E-state index contributed by atoms with van der Waals surface area (Å²) in [7, 11) is 1.71. The summed E-state index contributed by atoms with van der Waals surface area (Å²) in [5, 5.41) is 7.81. The Morgan fingerprint density at radius 1 is 1.35 bits per heavy atom. The Morgan fingerprint density at radius 3 is 2.95 bits per heavy atom. The van der Waals surface area contributed by atoms with Crippen molar-refractivity contribution in [3.05, 3.63) is 46.2 Å². The van der Waals surface area contributed by atoms with Crippen LogP contribution in [-0.2, 0) is 24.4 Å². The number of nitrogens with one attached hydrogen (secondary N) is 1. The van der Waals surface area contributed by atoms with Gasteiger partial charge in [-0.1, -0.05) is 28.9 Å². The van der Waals surface area contributed by atoms with Crippen LogP contribution in [0.1, 0.15) is 24.6 Å². The zero-order valence-corrected chi connectivity index (χ0v) is 13.5. The molecule has 0 atom stereocenters. The van der Waals surface area contributed by atoms with Crippen molar-refractivity contribution >= 4 is 21.6 Å². The Hall–Kier alpha value is -1.33. The molecule has 108 valence electrons. The van der Waals surface area contributed by atoms with E-state index in [1.807, 2.05) is 23.0 Å². The zero-order valence-electron chi connectivity index (χ0n) is 11.9. The quantitative estimate of drug-likeness (QED) is 0.834. The third-order valence-electron chi connectivity index (χ3n) is 3.11. The molecule has 0 saturated carbocycles. The molecule has 0 aliphatic carbocycles. The van der Waals surface area contributed by atoms with Crippen LogP contribution < -0.4 is 5.32 Å². The van der Waals surface area contributed by atoms with Gasteiger partial charge in [0, 0.05) is 35.6 Å². The normalized spacial score (nSPS) is 10.8. The number of halogens is 1. The van der Waals surface area contributed by atoms with Gasteiger partial charge in [-0.15, -0.1) is 0 Å². The Balaban J connectivity index is 2.10. The third-order valence-corrected chi connectivity index (χ3v) is 3.85. The van der Waals surface area contributed by atoms with E-state index in [0.29, 0.717) is 6.61 Å². The van der Waals surface area contributed by atoms with Crippen LogP contribution in [0.4, 0.5) is 5.69 Å². The van der Waals surface area contributed by atoms with Crippen LogP contribution in [0.25, 0.3) is 0 Å². The molecule has 0 spiro atoms. The summed E-state index contributed by atoms with van der Waals surface area (Å²) < 4.78 is 8.37. The second-order valence-corrected chi connectivity index (χ2v) is 5.45. The molecule has 0 amide bonds. The first-order chi connectivity index (χ1) is 9.76. The van der Waals surface area contributed by atoms with Crippen LogP contribution in [0, 0.1) is 0 Å². The minimum Gasteiger partial charge on any atom is -0.380 e. The fourth-order valence-electron chi connectivity index (χ4n) is 2.12. The number of anilines is 1. The van der Waals surface area contributed by atoms with Gasteiger partial charge in [-0.05, 0) is 24.6 Å². The lowest BCUT2D eigenvalue weighted by atomic mass is 10.2. The van der Waals surface area contributed by atoms with Crippen LogP contribution in [-0.4, -0.2) is 16.9 Å². The maximum absolute atomic E-state index is 5.26. The van der Waals surface area contributed by atoms with E-state index in [4.69, 9.17) is 4.74 Å². The van der Waals surface area contributed by atoms with Crippen LogP contribution in [0.15, 0.2) is 34.9 Å². The molecular weight excluding hydrogens is 318 g/mol.